The molecule has 1 heterocycles. The lowest BCUT2D eigenvalue weighted by Crippen LogP contribution is -1.94. The number of carboxylic acids is 1. The van der Waals surface area contributed by atoms with Gasteiger partial charge in [0.1, 0.15) is 0 Å². The van der Waals surface area contributed by atoms with Crippen LogP contribution in [0.3, 0.4) is 0 Å². The third kappa shape index (κ3) is 2.81. The Bertz CT molecular complexity index is 828. The summed E-state index contributed by atoms with van der Waals surface area (Å²) in [7, 11) is 0. The summed E-state index contributed by atoms with van der Waals surface area (Å²) in [4.78, 5) is 15.3. The highest BCUT2D eigenvalue weighted by atomic mass is 35.5. The number of para-hydroxylation sites is 1. The fraction of sp³-hybridized carbons (Fsp3) is 0. The van der Waals surface area contributed by atoms with Crippen molar-refractivity contribution in [3.8, 4) is 0 Å². The number of nitrogens with one attached hydrogen (secondary N) is 1. The molecule has 0 atom stereocenters. The van der Waals surface area contributed by atoms with E-state index in [1.54, 1.807) is 30.3 Å². The number of carboxylic acid groups (broad SMARTS) is 1. The van der Waals surface area contributed by atoms with Crippen LogP contribution in [0.4, 0.5) is 10.8 Å². The molecule has 106 valence electrons. The molecular weight excluding hydrogens is 331 g/mol. The molecule has 0 saturated heterocycles. The van der Waals surface area contributed by atoms with E-state index in [0.717, 1.165) is 4.70 Å². The third-order valence-corrected chi connectivity index (χ3v) is 4.41. The third-order valence-electron chi connectivity index (χ3n) is 2.83. The molecule has 3 rings (SSSR count). The summed E-state index contributed by atoms with van der Waals surface area (Å²) in [5, 5.41) is 13.6. The van der Waals surface area contributed by atoms with Gasteiger partial charge < -0.3 is 10.4 Å². The maximum atomic E-state index is 11.0. The minimum atomic E-state index is -0.978. The van der Waals surface area contributed by atoms with E-state index in [2.05, 4.69) is 10.3 Å². The molecule has 0 fully saturated rings. The van der Waals surface area contributed by atoms with Crippen molar-refractivity contribution >= 4 is 61.5 Å². The second-order valence-electron chi connectivity index (χ2n) is 4.23. The van der Waals surface area contributed by atoms with Crippen LogP contribution < -0.4 is 5.32 Å². The minimum Gasteiger partial charge on any atom is -0.478 e. The van der Waals surface area contributed by atoms with Crippen LogP contribution >= 0.6 is 34.5 Å². The fourth-order valence-electron chi connectivity index (χ4n) is 1.84. The number of anilines is 2. The molecule has 1 aromatic heterocycles. The quantitative estimate of drug-likeness (QED) is 0.701. The molecule has 0 spiro atoms. The molecular formula is C14H8Cl2N2O2S. The normalized spacial score (nSPS) is 10.8. The van der Waals surface area contributed by atoms with Gasteiger partial charge in [0, 0.05) is 0 Å². The van der Waals surface area contributed by atoms with Crippen LogP contribution in [0, 0.1) is 0 Å². The number of aromatic carboxylic acids is 1. The first-order valence-electron chi connectivity index (χ1n) is 5.89. The molecule has 21 heavy (non-hydrogen) atoms. The zero-order chi connectivity index (χ0) is 15.0. The minimum absolute atomic E-state index is 0.204. The van der Waals surface area contributed by atoms with E-state index >= 15 is 0 Å². The monoisotopic (exact) mass is 338 g/mol. The van der Waals surface area contributed by atoms with Crippen LogP contribution in [0.2, 0.25) is 10.0 Å². The van der Waals surface area contributed by atoms with Crippen LogP contribution in [0.15, 0.2) is 36.4 Å². The van der Waals surface area contributed by atoms with Crippen molar-refractivity contribution in [1.82, 2.24) is 4.98 Å². The van der Waals surface area contributed by atoms with Gasteiger partial charge >= 0.3 is 5.97 Å². The molecule has 0 aliphatic carbocycles. The summed E-state index contributed by atoms with van der Waals surface area (Å²) in [5.74, 6) is -0.978. The Morgan fingerprint density at radius 2 is 1.90 bits per heavy atom. The van der Waals surface area contributed by atoms with Crippen LogP contribution in [0.1, 0.15) is 10.4 Å². The van der Waals surface area contributed by atoms with Crippen molar-refractivity contribution < 1.29 is 9.90 Å². The second kappa shape index (κ2) is 5.52. The van der Waals surface area contributed by atoms with Gasteiger partial charge in [-0.3, -0.25) is 0 Å². The van der Waals surface area contributed by atoms with Gasteiger partial charge in [0.05, 0.1) is 31.5 Å². The number of halogens is 2. The number of fused-ring (bicyclic) bond motifs is 1. The van der Waals surface area contributed by atoms with Gasteiger partial charge in [-0.15, -0.1) is 0 Å². The van der Waals surface area contributed by atoms with Gasteiger partial charge in [0.25, 0.3) is 0 Å². The van der Waals surface area contributed by atoms with Crippen molar-refractivity contribution in [3.05, 3.63) is 52.0 Å². The van der Waals surface area contributed by atoms with Gasteiger partial charge in [0.2, 0.25) is 0 Å². The number of benzene rings is 2. The van der Waals surface area contributed by atoms with E-state index in [4.69, 9.17) is 28.3 Å². The highest BCUT2D eigenvalue weighted by Gasteiger charge is 2.11. The van der Waals surface area contributed by atoms with Crippen molar-refractivity contribution in [2.75, 3.05) is 5.32 Å². The summed E-state index contributed by atoms with van der Waals surface area (Å²) in [6, 6.07) is 10.0. The second-order valence-corrected chi connectivity index (χ2v) is 6.07. The summed E-state index contributed by atoms with van der Waals surface area (Å²) in [6.45, 7) is 0. The molecule has 0 saturated carbocycles. The fourth-order valence-corrected chi connectivity index (χ4v) is 3.18. The number of rotatable bonds is 3. The molecule has 0 amide bonds. The van der Waals surface area contributed by atoms with Gasteiger partial charge in [-0.25, -0.2) is 9.78 Å². The van der Waals surface area contributed by atoms with Gasteiger partial charge in [-0.05, 0) is 30.3 Å². The van der Waals surface area contributed by atoms with Crippen LogP contribution in [0.5, 0.6) is 0 Å². The molecule has 4 nitrogen and oxygen atoms in total. The molecule has 0 bridgehead atoms. The topological polar surface area (TPSA) is 62.2 Å². The Morgan fingerprint density at radius 1 is 1.19 bits per heavy atom. The summed E-state index contributed by atoms with van der Waals surface area (Å²) in [6.07, 6.45) is 0. The molecule has 0 aliphatic rings. The van der Waals surface area contributed by atoms with Crippen LogP contribution in [-0.4, -0.2) is 16.1 Å². The Labute approximate surface area is 134 Å². The van der Waals surface area contributed by atoms with E-state index in [0.29, 0.717) is 26.4 Å². The van der Waals surface area contributed by atoms with Crippen molar-refractivity contribution in [2.24, 2.45) is 0 Å². The number of hydrogen-bond acceptors (Lipinski definition) is 4. The molecule has 0 radical (unpaired) electrons. The summed E-state index contributed by atoms with van der Waals surface area (Å²) >= 11 is 13.6. The largest absolute Gasteiger partial charge is 0.478 e. The first kappa shape index (κ1) is 14.1. The molecule has 2 N–H and O–H groups in total. The lowest BCUT2D eigenvalue weighted by atomic mass is 10.2. The first-order chi connectivity index (χ1) is 10.0. The maximum Gasteiger partial charge on any atom is 0.335 e. The average Bonchev–Trinajstić information content (AvgIpc) is 2.84. The number of thiazole rings is 1. The molecule has 3 aromatic rings. The number of aromatic nitrogens is 1. The predicted molar refractivity (Wildman–Crippen MR) is 86.3 cm³/mol. The van der Waals surface area contributed by atoms with E-state index in [-0.39, 0.29) is 5.56 Å². The van der Waals surface area contributed by atoms with Gasteiger partial charge in [0.15, 0.2) is 5.13 Å². The number of carbonyl (C=O) groups is 1. The highest BCUT2D eigenvalue weighted by Crippen LogP contribution is 2.35. The van der Waals surface area contributed by atoms with Crippen molar-refractivity contribution in [2.45, 2.75) is 0 Å². The lowest BCUT2D eigenvalue weighted by molar-refractivity contribution is 0.0697. The Kier molecular flexibility index (Phi) is 3.71. The predicted octanol–water partition coefficient (Wildman–Crippen LogP) is 5.04. The van der Waals surface area contributed by atoms with E-state index in [1.807, 2.05) is 0 Å². The van der Waals surface area contributed by atoms with Gasteiger partial charge in [-0.2, -0.15) is 0 Å². The summed E-state index contributed by atoms with van der Waals surface area (Å²) < 4.78 is 0.880. The van der Waals surface area contributed by atoms with E-state index in [9.17, 15) is 4.79 Å². The Hall–Kier alpha value is -1.82. The zero-order valence-electron chi connectivity index (χ0n) is 10.4. The van der Waals surface area contributed by atoms with Crippen molar-refractivity contribution in [3.63, 3.8) is 0 Å². The Morgan fingerprint density at radius 3 is 2.57 bits per heavy atom. The average molecular weight is 339 g/mol. The van der Waals surface area contributed by atoms with E-state index in [1.165, 1.54) is 17.4 Å². The summed E-state index contributed by atoms with van der Waals surface area (Å²) in [5.41, 5.74) is 1.40. The lowest BCUT2D eigenvalue weighted by Gasteiger charge is -2.06. The standard InChI is InChI=1S/C14H8Cl2N2O2S/c15-8-2-1-3-9(16)12(8)18-14-17-10-6-7(13(19)20)4-5-11(10)21-14/h1-6H,(H,17,18)(H,19,20). The molecule has 7 heteroatoms. The smallest absolute Gasteiger partial charge is 0.335 e. The Balaban J connectivity index is 2.00. The SMILES string of the molecule is O=C(O)c1ccc2sc(Nc3c(Cl)cccc3Cl)nc2c1. The first-order valence-corrected chi connectivity index (χ1v) is 7.47. The molecule has 0 aliphatic heterocycles. The van der Waals surface area contributed by atoms with Crippen molar-refractivity contribution in [1.29, 1.82) is 0 Å². The number of nitrogens with zero attached hydrogens (tertiary/aromatic N) is 1. The number of hydrogen-bond donors (Lipinski definition) is 2. The molecule has 2 aromatic carbocycles. The maximum absolute atomic E-state index is 11.0. The molecule has 0 unspecified atom stereocenters. The zero-order valence-corrected chi connectivity index (χ0v) is 12.8. The van der Waals surface area contributed by atoms with Gasteiger partial charge in [-0.1, -0.05) is 40.6 Å². The highest BCUT2D eigenvalue weighted by molar-refractivity contribution is 7.22. The van der Waals surface area contributed by atoms with Crippen LogP contribution in [-0.2, 0) is 0 Å². The van der Waals surface area contributed by atoms with Crippen LogP contribution in [0.25, 0.3) is 10.2 Å². The van der Waals surface area contributed by atoms with E-state index < -0.39 is 5.97 Å².